The lowest BCUT2D eigenvalue weighted by Crippen LogP contribution is -2.51. The van der Waals surface area contributed by atoms with Gasteiger partial charge in [0.25, 0.3) is 0 Å². The highest BCUT2D eigenvalue weighted by Gasteiger charge is 2.56. The highest BCUT2D eigenvalue weighted by atomic mass is 19.3. The van der Waals surface area contributed by atoms with Crippen LogP contribution >= 0.6 is 0 Å². The second-order valence-corrected chi connectivity index (χ2v) is 5.43. The predicted molar refractivity (Wildman–Crippen MR) is 52.2 cm³/mol. The molecule has 3 heteroatoms. The van der Waals surface area contributed by atoms with Gasteiger partial charge in [0.05, 0.1) is 0 Å². The summed E-state index contributed by atoms with van der Waals surface area (Å²) in [7, 11) is 0. The Hall–Kier alpha value is -0.180. The molecule has 82 valence electrons. The van der Waals surface area contributed by atoms with Crippen LogP contribution in [0.3, 0.4) is 0 Å². The van der Waals surface area contributed by atoms with Gasteiger partial charge in [-0.15, -0.1) is 0 Å². The number of rotatable bonds is 4. The van der Waals surface area contributed by atoms with E-state index < -0.39 is 5.92 Å². The number of hydrogen-bond donors (Lipinski definition) is 1. The van der Waals surface area contributed by atoms with Gasteiger partial charge >= 0.3 is 0 Å². The van der Waals surface area contributed by atoms with Gasteiger partial charge in [-0.3, -0.25) is 0 Å². The van der Waals surface area contributed by atoms with Crippen molar-refractivity contribution in [3.63, 3.8) is 0 Å². The normalized spacial score (nSPS) is 30.9. The molecule has 2 saturated carbocycles. The lowest BCUT2D eigenvalue weighted by Gasteiger charge is -2.48. The van der Waals surface area contributed by atoms with Crippen LogP contribution < -0.4 is 5.73 Å². The third-order valence-corrected chi connectivity index (χ3v) is 3.88. The first-order valence-electron chi connectivity index (χ1n) is 5.54. The van der Waals surface area contributed by atoms with E-state index in [0.717, 1.165) is 12.3 Å². The Morgan fingerprint density at radius 1 is 1.36 bits per heavy atom. The van der Waals surface area contributed by atoms with Gasteiger partial charge in [0.1, 0.15) is 0 Å². The Bertz CT molecular complexity index is 215. The molecule has 0 bridgehead atoms. The molecule has 0 spiro atoms. The van der Waals surface area contributed by atoms with E-state index in [-0.39, 0.29) is 18.3 Å². The molecule has 0 aromatic heterocycles. The Morgan fingerprint density at radius 2 is 1.93 bits per heavy atom. The van der Waals surface area contributed by atoms with Crippen LogP contribution in [0.25, 0.3) is 0 Å². The monoisotopic (exact) mass is 203 g/mol. The molecular weight excluding hydrogens is 184 g/mol. The van der Waals surface area contributed by atoms with Gasteiger partial charge < -0.3 is 5.73 Å². The van der Waals surface area contributed by atoms with E-state index in [0.29, 0.717) is 12.5 Å². The van der Waals surface area contributed by atoms with Crippen molar-refractivity contribution in [3.8, 4) is 0 Å². The van der Waals surface area contributed by atoms with Crippen LogP contribution in [-0.2, 0) is 0 Å². The maximum absolute atomic E-state index is 12.8. The number of hydrogen-bond acceptors (Lipinski definition) is 1. The molecule has 0 aliphatic heterocycles. The van der Waals surface area contributed by atoms with Crippen molar-refractivity contribution in [2.45, 2.75) is 45.0 Å². The predicted octanol–water partition coefficient (Wildman–Crippen LogP) is 2.80. The van der Waals surface area contributed by atoms with E-state index >= 15 is 0 Å². The van der Waals surface area contributed by atoms with Crippen LogP contribution in [0.2, 0.25) is 0 Å². The van der Waals surface area contributed by atoms with E-state index in [9.17, 15) is 8.78 Å². The van der Waals surface area contributed by atoms with E-state index in [1.54, 1.807) is 0 Å². The molecular formula is C11H19F2N. The zero-order valence-electron chi connectivity index (χ0n) is 8.73. The summed E-state index contributed by atoms with van der Waals surface area (Å²) in [6.45, 7) is 2.62. The van der Waals surface area contributed by atoms with E-state index in [1.807, 2.05) is 0 Å². The first-order valence-corrected chi connectivity index (χ1v) is 5.54. The minimum absolute atomic E-state index is 0.0214. The average Bonchev–Trinajstić information content (AvgIpc) is 2.82. The van der Waals surface area contributed by atoms with Crippen molar-refractivity contribution in [1.82, 2.24) is 0 Å². The van der Waals surface area contributed by atoms with Gasteiger partial charge in [0.15, 0.2) is 0 Å². The minimum Gasteiger partial charge on any atom is -0.330 e. The van der Waals surface area contributed by atoms with Gasteiger partial charge in [0.2, 0.25) is 5.92 Å². The molecule has 2 N–H and O–H groups in total. The summed E-state index contributed by atoms with van der Waals surface area (Å²) in [5.41, 5.74) is 5.39. The van der Waals surface area contributed by atoms with Crippen LogP contribution in [-0.4, -0.2) is 12.5 Å². The zero-order chi connectivity index (χ0) is 10.4. The minimum atomic E-state index is -2.43. The number of nitrogens with two attached hydrogens (primary N) is 1. The van der Waals surface area contributed by atoms with Crippen molar-refractivity contribution >= 4 is 0 Å². The second-order valence-electron chi connectivity index (χ2n) is 5.43. The Balaban J connectivity index is 1.87. The lowest BCUT2D eigenvalue weighted by atomic mass is 9.61. The molecule has 2 aliphatic rings. The first kappa shape index (κ1) is 10.3. The molecule has 2 fully saturated rings. The standard InChI is InChI=1S/C11H19F2N/c1-8(9-2-3-9)4-10(7-14)5-11(12,13)6-10/h8-9H,2-7,14H2,1H3. The van der Waals surface area contributed by atoms with Crippen LogP contribution in [0.15, 0.2) is 0 Å². The highest BCUT2D eigenvalue weighted by Crippen LogP contribution is 2.56. The summed E-state index contributed by atoms with van der Waals surface area (Å²) in [6.07, 6.45) is 3.53. The maximum Gasteiger partial charge on any atom is 0.249 e. The van der Waals surface area contributed by atoms with Crippen molar-refractivity contribution in [1.29, 1.82) is 0 Å². The Morgan fingerprint density at radius 3 is 2.29 bits per heavy atom. The molecule has 0 heterocycles. The number of halogens is 2. The van der Waals surface area contributed by atoms with Gasteiger partial charge in [0, 0.05) is 12.8 Å². The van der Waals surface area contributed by atoms with Crippen LogP contribution in [0.1, 0.15) is 39.0 Å². The quantitative estimate of drug-likeness (QED) is 0.747. The van der Waals surface area contributed by atoms with Gasteiger partial charge in [-0.25, -0.2) is 8.78 Å². The fraction of sp³-hybridized carbons (Fsp3) is 1.00. The summed E-state index contributed by atoms with van der Waals surface area (Å²) >= 11 is 0. The van der Waals surface area contributed by atoms with Crippen LogP contribution in [0.4, 0.5) is 8.78 Å². The largest absolute Gasteiger partial charge is 0.330 e. The van der Waals surface area contributed by atoms with Gasteiger partial charge in [-0.2, -0.15) is 0 Å². The molecule has 1 atom stereocenters. The molecule has 0 amide bonds. The molecule has 0 aromatic rings. The maximum atomic E-state index is 12.8. The van der Waals surface area contributed by atoms with E-state index in [4.69, 9.17) is 5.73 Å². The van der Waals surface area contributed by atoms with Crippen molar-refractivity contribution < 1.29 is 8.78 Å². The van der Waals surface area contributed by atoms with Crippen molar-refractivity contribution in [2.75, 3.05) is 6.54 Å². The first-order chi connectivity index (χ1) is 6.46. The summed E-state index contributed by atoms with van der Waals surface area (Å²) < 4.78 is 25.7. The summed E-state index contributed by atoms with van der Waals surface area (Å²) in [4.78, 5) is 0. The molecule has 1 unspecified atom stereocenters. The summed E-state index contributed by atoms with van der Waals surface area (Å²) in [6, 6.07) is 0. The second kappa shape index (κ2) is 3.16. The van der Waals surface area contributed by atoms with Crippen LogP contribution in [0.5, 0.6) is 0 Å². The molecule has 0 saturated heterocycles. The fourth-order valence-electron chi connectivity index (χ4n) is 2.93. The third kappa shape index (κ3) is 1.92. The van der Waals surface area contributed by atoms with Gasteiger partial charge in [-0.1, -0.05) is 6.92 Å². The van der Waals surface area contributed by atoms with Crippen LogP contribution in [0, 0.1) is 17.3 Å². The SMILES string of the molecule is CC(CC1(CN)CC(F)(F)C1)C1CC1. The lowest BCUT2D eigenvalue weighted by molar-refractivity contribution is -0.164. The Kier molecular flexibility index (Phi) is 2.33. The topological polar surface area (TPSA) is 26.0 Å². The van der Waals surface area contributed by atoms with Gasteiger partial charge in [-0.05, 0) is 43.1 Å². The van der Waals surface area contributed by atoms with Crippen molar-refractivity contribution in [2.24, 2.45) is 23.0 Å². The molecule has 2 rings (SSSR count). The molecule has 0 radical (unpaired) electrons. The highest BCUT2D eigenvalue weighted by molar-refractivity contribution is 5.01. The van der Waals surface area contributed by atoms with Crippen molar-refractivity contribution in [3.05, 3.63) is 0 Å². The number of alkyl halides is 2. The summed E-state index contributed by atoms with van der Waals surface area (Å²) in [5, 5.41) is 0. The summed E-state index contributed by atoms with van der Waals surface area (Å²) in [5.74, 6) is -1.04. The average molecular weight is 203 g/mol. The van der Waals surface area contributed by atoms with E-state index in [1.165, 1.54) is 12.8 Å². The Labute approximate surface area is 84.0 Å². The third-order valence-electron chi connectivity index (χ3n) is 3.88. The molecule has 2 aliphatic carbocycles. The zero-order valence-corrected chi connectivity index (χ0v) is 8.73. The van der Waals surface area contributed by atoms with E-state index in [2.05, 4.69) is 6.92 Å². The fourth-order valence-corrected chi connectivity index (χ4v) is 2.93. The molecule has 0 aromatic carbocycles. The smallest absolute Gasteiger partial charge is 0.249 e. The molecule has 14 heavy (non-hydrogen) atoms. The molecule has 1 nitrogen and oxygen atoms in total.